The zero-order chi connectivity index (χ0) is 23.3. The van der Waals surface area contributed by atoms with Crippen molar-refractivity contribution in [1.29, 1.82) is 0 Å². The molecule has 2 aliphatic rings. The van der Waals surface area contributed by atoms with E-state index < -0.39 is 5.41 Å². The summed E-state index contributed by atoms with van der Waals surface area (Å²) < 4.78 is 24.8. The van der Waals surface area contributed by atoms with Gasteiger partial charge in [-0.25, -0.2) is 4.39 Å². The van der Waals surface area contributed by atoms with Crippen molar-refractivity contribution in [3.63, 3.8) is 0 Å². The molecule has 33 heavy (non-hydrogen) atoms. The molecule has 2 fully saturated rings. The predicted molar refractivity (Wildman–Crippen MR) is 128 cm³/mol. The molecule has 0 radical (unpaired) electrons. The Labute approximate surface area is 196 Å². The van der Waals surface area contributed by atoms with Gasteiger partial charge in [0.25, 0.3) is 0 Å². The van der Waals surface area contributed by atoms with Gasteiger partial charge < -0.3 is 14.8 Å². The maximum atomic E-state index is 13.8. The molecule has 5 nitrogen and oxygen atoms in total. The number of carbonyl (C=O) groups is 1. The molecule has 2 saturated heterocycles. The maximum Gasteiger partial charge on any atom is 0.226 e. The van der Waals surface area contributed by atoms with Crippen molar-refractivity contribution in [1.82, 2.24) is 10.2 Å². The summed E-state index contributed by atoms with van der Waals surface area (Å²) in [5.74, 6) is 0.485. The van der Waals surface area contributed by atoms with Crippen LogP contribution in [0.5, 0.6) is 5.75 Å². The summed E-state index contributed by atoms with van der Waals surface area (Å²) in [4.78, 5) is 15.9. The van der Waals surface area contributed by atoms with Gasteiger partial charge in [-0.3, -0.25) is 9.69 Å². The molecule has 1 atom stereocenters. The van der Waals surface area contributed by atoms with Crippen molar-refractivity contribution in [2.45, 2.75) is 45.1 Å². The Morgan fingerprint density at radius 3 is 2.67 bits per heavy atom. The van der Waals surface area contributed by atoms with Gasteiger partial charge in [0.1, 0.15) is 11.6 Å². The lowest BCUT2D eigenvalue weighted by Gasteiger charge is -2.36. The van der Waals surface area contributed by atoms with E-state index in [2.05, 4.69) is 17.1 Å². The van der Waals surface area contributed by atoms with Crippen LogP contribution >= 0.6 is 0 Å². The first kappa shape index (κ1) is 23.7. The number of nitrogens with zero attached hydrogens (tertiary/aromatic N) is 1. The molecule has 0 aliphatic carbocycles. The highest BCUT2D eigenvalue weighted by Gasteiger charge is 2.40. The molecular formula is C27H35FN2O3. The number of benzene rings is 2. The normalized spacial score (nSPS) is 20.5. The Kier molecular flexibility index (Phi) is 7.66. The van der Waals surface area contributed by atoms with Crippen LogP contribution < -0.4 is 10.1 Å². The van der Waals surface area contributed by atoms with Crippen molar-refractivity contribution in [2.75, 3.05) is 40.0 Å². The Morgan fingerprint density at radius 1 is 1.21 bits per heavy atom. The van der Waals surface area contributed by atoms with Gasteiger partial charge in [0.2, 0.25) is 5.91 Å². The van der Waals surface area contributed by atoms with Gasteiger partial charge in [-0.05, 0) is 74.5 Å². The molecule has 0 bridgehead atoms. The average molecular weight is 455 g/mol. The first-order valence-corrected chi connectivity index (χ1v) is 12.1. The second-order valence-electron chi connectivity index (χ2n) is 9.25. The minimum absolute atomic E-state index is 0.143. The number of hydrogen-bond donors (Lipinski definition) is 1. The zero-order valence-corrected chi connectivity index (χ0v) is 19.7. The van der Waals surface area contributed by atoms with E-state index in [0.29, 0.717) is 38.0 Å². The van der Waals surface area contributed by atoms with Gasteiger partial charge in [0, 0.05) is 31.4 Å². The molecule has 0 spiro atoms. The van der Waals surface area contributed by atoms with E-state index in [9.17, 15) is 9.18 Å². The standard InChI is InChI=1S/C27H35FN2O3/c1-3-30-14-4-5-23(30)19-29-26(31)27(12-15-33-16-13-27)18-20-6-8-21(9-7-20)24-17-22(28)10-11-25(24)32-2/h6-11,17,23H,3-5,12-16,18-19H2,1-2H3,(H,29,31)/t23-/m0/s1. The number of hydrogen-bond acceptors (Lipinski definition) is 4. The Hall–Kier alpha value is -2.44. The largest absolute Gasteiger partial charge is 0.496 e. The van der Waals surface area contributed by atoms with Crippen molar-refractivity contribution < 1.29 is 18.7 Å². The van der Waals surface area contributed by atoms with Gasteiger partial charge in [-0.1, -0.05) is 31.2 Å². The second kappa shape index (κ2) is 10.7. The van der Waals surface area contributed by atoms with Crippen LogP contribution in [-0.2, 0) is 16.0 Å². The van der Waals surface area contributed by atoms with Crippen LogP contribution in [-0.4, -0.2) is 56.8 Å². The third-order valence-corrected chi connectivity index (χ3v) is 7.30. The molecule has 6 heteroatoms. The first-order chi connectivity index (χ1) is 16.0. The zero-order valence-electron chi connectivity index (χ0n) is 19.7. The van der Waals surface area contributed by atoms with E-state index >= 15 is 0 Å². The van der Waals surface area contributed by atoms with Crippen molar-refractivity contribution in [3.8, 4) is 16.9 Å². The van der Waals surface area contributed by atoms with E-state index in [4.69, 9.17) is 9.47 Å². The Bertz CT molecular complexity index is 941. The summed E-state index contributed by atoms with van der Waals surface area (Å²) in [6.45, 7) is 6.27. The summed E-state index contributed by atoms with van der Waals surface area (Å²) in [7, 11) is 1.59. The molecular weight excluding hydrogens is 419 g/mol. The van der Waals surface area contributed by atoms with Crippen LogP contribution in [0, 0.1) is 11.2 Å². The predicted octanol–water partition coefficient (Wildman–Crippen LogP) is 4.44. The lowest BCUT2D eigenvalue weighted by molar-refractivity contribution is -0.136. The van der Waals surface area contributed by atoms with Gasteiger partial charge in [-0.2, -0.15) is 0 Å². The smallest absolute Gasteiger partial charge is 0.226 e. The van der Waals surface area contributed by atoms with Gasteiger partial charge in [0.15, 0.2) is 0 Å². The molecule has 2 aliphatic heterocycles. The molecule has 1 amide bonds. The number of halogens is 1. The summed E-state index contributed by atoms with van der Waals surface area (Å²) in [5, 5.41) is 3.28. The highest BCUT2D eigenvalue weighted by atomic mass is 19.1. The summed E-state index contributed by atoms with van der Waals surface area (Å²) >= 11 is 0. The number of likely N-dealkylation sites (N-methyl/N-ethyl adjacent to an activating group) is 1. The monoisotopic (exact) mass is 454 g/mol. The minimum Gasteiger partial charge on any atom is -0.496 e. The molecule has 1 N–H and O–H groups in total. The molecule has 0 unspecified atom stereocenters. The molecule has 178 valence electrons. The number of amides is 1. The highest BCUT2D eigenvalue weighted by Crippen LogP contribution is 2.36. The number of methoxy groups -OCH3 is 1. The fourth-order valence-corrected chi connectivity index (χ4v) is 5.29. The molecule has 4 rings (SSSR count). The van der Waals surface area contributed by atoms with Crippen LogP contribution in [0.4, 0.5) is 4.39 Å². The highest BCUT2D eigenvalue weighted by molar-refractivity contribution is 5.83. The first-order valence-electron chi connectivity index (χ1n) is 12.1. The van der Waals surface area contributed by atoms with Crippen LogP contribution in [0.1, 0.15) is 38.2 Å². The minimum atomic E-state index is -0.452. The van der Waals surface area contributed by atoms with Gasteiger partial charge in [0.05, 0.1) is 12.5 Å². The number of carbonyl (C=O) groups excluding carboxylic acids is 1. The topological polar surface area (TPSA) is 50.8 Å². The Balaban J connectivity index is 1.48. The molecule has 2 aromatic carbocycles. The third kappa shape index (κ3) is 5.39. The van der Waals surface area contributed by atoms with Crippen LogP contribution in [0.15, 0.2) is 42.5 Å². The van der Waals surface area contributed by atoms with E-state index in [1.165, 1.54) is 18.6 Å². The number of rotatable bonds is 8. The number of likely N-dealkylation sites (tertiary alicyclic amines) is 1. The summed E-state index contributed by atoms with van der Waals surface area (Å²) in [5.41, 5.74) is 2.26. The van der Waals surface area contributed by atoms with Gasteiger partial charge >= 0.3 is 0 Å². The third-order valence-electron chi connectivity index (χ3n) is 7.30. The fraction of sp³-hybridized carbons (Fsp3) is 0.519. The number of ether oxygens (including phenoxy) is 2. The lowest BCUT2D eigenvalue weighted by atomic mass is 9.74. The van der Waals surface area contributed by atoms with E-state index in [0.717, 1.165) is 49.0 Å². The lowest BCUT2D eigenvalue weighted by Crippen LogP contribution is -2.49. The van der Waals surface area contributed by atoms with E-state index in [-0.39, 0.29) is 11.7 Å². The molecule has 2 aromatic rings. The van der Waals surface area contributed by atoms with Crippen LogP contribution in [0.3, 0.4) is 0 Å². The summed E-state index contributed by atoms with van der Waals surface area (Å²) in [6.07, 6.45) is 4.47. The molecule has 0 aromatic heterocycles. The maximum absolute atomic E-state index is 13.8. The average Bonchev–Trinajstić information content (AvgIpc) is 3.31. The van der Waals surface area contributed by atoms with Crippen molar-refractivity contribution in [3.05, 3.63) is 53.8 Å². The van der Waals surface area contributed by atoms with Crippen molar-refractivity contribution >= 4 is 5.91 Å². The second-order valence-corrected chi connectivity index (χ2v) is 9.25. The SMILES string of the molecule is CCN1CCC[C@H]1CNC(=O)C1(Cc2ccc(-c3cc(F)ccc3OC)cc2)CCOCC1. The van der Waals surface area contributed by atoms with Crippen molar-refractivity contribution in [2.24, 2.45) is 5.41 Å². The van der Waals surface area contributed by atoms with Crippen LogP contribution in [0.2, 0.25) is 0 Å². The molecule has 2 heterocycles. The molecule has 0 saturated carbocycles. The quantitative estimate of drug-likeness (QED) is 0.641. The van der Waals surface area contributed by atoms with Crippen LogP contribution in [0.25, 0.3) is 11.1 Å². The van der Waals surface area contributed by atoms with E-state index in [1.807, 2.05) is 24.3 Å². The summed E-state index contributed by atoms with van der Waals surface area (Å²) in [6, 6.07) is 13.0. The van der Waals surface area contributed by atoms with E-state index in [1.54, 1.807) is 13.2 Å². The number of nitrogens with one attached hydrogen (secondary N) is 1. The van der Waals surface area contributed by atoms with Gasteiger partial charge in [-0.15, -0.1) is 0 Å². The Morgan fingerprint density at radius 2 is 1.97 bits per heavy atom. The fourth-order valence-electron chi connectivity index (χ4n) is 5.29.